The fraction of sp³-hybridized carbons (Fsp3) is 0.194. The molecular formula is C31H27N3O6. The van der Waals surface area contributed by atoms with Gasteiger partial charge in [-0.3, -0.25) is 10.1 Å². The summed E-state index contributed by atoms with van der Waals surface area (Å²) < 4.78 is 23.3. The Bertz CT molecular complexity index is 1570. The van der Waals surface area contributed by atoms with Gasteiger partial charge in [0, 0.05) is 35.2 Å². The molecule has 9 heteroatoms. The Labute approximate surface area is 231 Å². The minimum absolute atomic E-state index is 0.0141. The van der Waals surface area contributed by atoms with Crippen LogP contribution in [0.3, 0.4) is 0 Å². The van der Waals surface area contributed by atoms with Crippen LogP contribution in [0.2, 0.25) is 0 Å². The number of methoxy groups -OCH3 is 2. The summed E-state index contributed by atoms with van der Waals surface area (Å²) in [4.78, 5) is 11.1. The second kappa shape index (κ2) is 10.6. The van der Waals surface area contributed by atoms with Gasteiger partial charge in [-0.2, -0.15) is 5.10 Å². The van der Waals surface area contributed by atoms with E-state index in [1.54, 1.807) is 26.4 Å². The first kappa shape index (κ1) is 25.2. The van der Waals surface area contributed by atoms with Crippen LogP contribution >= 0.6 is 0 Å². The average molecular weight is 538 g/mol. The van der Waals surface area contributed by atoms with E-state index in [9.17, 15) is 10.1 Å². The standard InChI is InChI=1S/C31H27N3O6/c1-37-29-14-10-22(16-30(29)38-2)26-18-27-25-17-23(34(35)36)11-15-28(25)40-31(33(27)32-26)21-8-12-24(13-9-21)39-19-20-6-4-3-5-7-20/h3-17,27,31H,18-19H2,1-2H3. The van der Waals surface area contributed by atoms with Crippen molar-refractivity contribution < 1.29 is 23.9 Å². The van der Waals surface area contributed by atoms with E-state index in [0.717, 1.165) is 33.7 Å². The maximum Gasteiger partial charge on any atom is 0.270 e. The molecule has 0 amide bonds. The van der Waals surface area contributed by atoms with Crippen LogP contribution in [0.25, 0.3) is 0 Å². The summed E-state index contributed by atoms with van der Waals surface area (Å²) in [5.41, 5.74) is 4.42. The summed E-state index contributed by atoms with van der Waals surface area (Å²) in [6.45, 7) is 0.472. The lowest BCUT2D eigenvalue weighted by atomic mass is 9.95. The molecule has 2 aliphatic rings. The van der Waals surface area contributed by atoms with Crippen LogP contribution in [-0.2, 0) is 6.61 Å². The van der Waals surface area contributed by atoms with Crippen LogP contribution in [0.15, 0.2) is 96.1 Å². The minimum atomic E-state index is -0.528. The Hall–Kier alpha value is -5.05. The third-order valence-corrected chi connectivity index (χ3v) is 7.11. The summed E-state index contributed by atoms with van der Waals surface area (Å²) in [7, 11) is 3.18. The lowest BCUT2D eigenvalue weighted by molar-refractivity contribution is -0.385. The minimum Gasteiger partial charge on any atom is -0.493 e. The van der Waals surface area contributed by atoms with Gasteiger partial charge in [0.1, 0.15) is 18.1 Å². The van der Waals surface area contributed by atoms with Crippen molar-refractivity contribution >= 4 is 11.4 Å². The zero-order valence-electron chi connectivity index (χ0n) is 22.0. The van der Waals surface area contributed by atoms with Gasteiger partial charge >= 0.3 is 0 Å². The molecule has 2 atom stereocenters. The van der Waals surface area contributed by atoms with Gasteiger partial charge < -0.3 is 18.9 Å². The van der Waals surface area contributed by atoms with Gasteiger partial charge in [0.2, 0.25) is 6.23 Å². The van der Waals surface area contributed by atoms with E-state index < -0.39 is 11.2 Å². The summed E-state index contributed by atoms with van der Waals surface area (Å²) >= 11 is 0. The lowest BCUT2D eigenvalue weighted by Gasteiger charge is -2.38. The van der Waals surface area contributed by atoms with Crippen LogP contribution in [-0.4, -0.2) is 29.9 Å². The third kappa shape index (κ3) is 4.77. The molecule has 0 spiro atoms. The third-order valence-electron chi connectivity index (χ3n) is 7.11. The number of ether oxygens (including phenoxy) is 4. The monoisotopic (exact) mass is 537 g/mol. The van der Waals surface area contributed by atoms with Crippen molar-refractivity contribution in [2.45, 2.75) is 25.3 Å². The van der Waals surface area contributed by atoms with E-state index in [-0.39, 0.29) is 11.7 Å². The van der Waals surface area contributed by atoms with Crippen molar-refractivity contribution in [1.29, 1.82) is 0 Å². The van der Waals surface area contributed by atoms with Crippen molar-refractivity contribution in [2.24, 2.45) is 5.10 Å². The number of nitro benzene ring substituents is 1. The molecule has 2 heterocycles. The van der Waals surface area contributed by atoms with Gasteiger partial charge in [0.25, 0.3) is 5.69 Å². The molecule has 4 aromatic rings. The maximum atomic E-state index is 11.5. The zero-order chi connectivity index (χ0) is 27.6. The Morgan fingerprint density at radius 1 is 0.950 bits per heavy atom. The van der Waals surface area contributed by atoms with Crippen molar-refractivity contribution in [3.63, 3.8) is 0 Å². The number of hydrogen-bond donors (Lipinski definition) is 0. The topological polar surface area (TPSA) is 95.7 Å². The van der Waals surface area contributed by atoms with Crippen LogP contribution in [0.1, 0.15) is 40.9 Å². The fourth-order valence-electron chi connectivity index (χ4n) is 5.07. The highest BCUT2D eigenvalue weighted by molar-refractivity contribution is 6.02. The Kier molecular flexibility index (Phi) is 6.69. The molecule has 2 aliphatic heterocycles. The Morgan fingerprint density at radius 2 is 1.73 bits per heavy atom. The Balaban J connectivity index is 1.32. The largest absolute Gasteiger partial charge is 0.493 e. The van der Waals surface area contributed by atoms with Crippen LogP contribution in [0.5, 0.6) is 23.0 Å². The predicted octanol–water partition coefficient (Wildman–Crippen LogP) is 6.43. The van der Waals surface area contributed by atoms with E-state index >= 15 is 0 Å². The first-order chi connectivity index (χ1) is 19.5. The molecule has 4 aromatic carbocycles. The highest BCUT2D eigenvalue weighted by Crippen LogP contribution is 2.48. The number of hydrogen-bond acceptors (Lipinski definition) is 8. The van der Waals surface area contributed by atoms with Gasteiger partial charge in [-0.1, -0.05) is 30.3 Å². The number of rotatable bonds is 8. The van der Waals surface area contributed by atoms with Crippen molar-refractivity contribution in [3.8, 4) is 23.0 Å². The van der Waals surface area contributed by atoms with Crippen molar-refractivity contribution in [3.05, 3.63) is 123 Å². The fourth-order valence-corrected chi connectivity index (χ4v) is 5.07. The molecule has 0 N–H and O–H groups in total. The molecule has 9 nitrogen and oxygen atoms in total. The number of fused-ring (bicyclic) bond motifs is 3. The highest BCUT2D eigenvalue weighted by Gasteiger charge is 2.42. The summed E-state index contributed by atoms with van der Waals surface area (Å²) in [6, 6.07) is 27.9. The van der Waals surface area contributed by atoms with E-state index in [4.69, 9.17) is 24.0 Å². The smallest absolute Gasteiger partial charge is 0.270 e. The Morgan fingerprint density at radius 3 is 2.45 bits per heavy atom. The number of nitrogens with zero attached hydrogens (tertiary/aromatic N) is 3. The highest BCUT2D eigenvalue weighted by atomic mass is 16.6. The maximum absolute atomic E-state index is 11.5. The molecule has 0 saturated heterocycles. The number of hydrazone groups is 1. The van der Waals surface area contributed by atoms with E-state index in [0.29, 0.717) is 30.3 Å². The first-order valence-electron chi connectivity index (χ1n) is 12.8. The molecule has 40 heavy (non-hydrogen) atoms. The molecule has 0 saturated carbocycles. The molecule has 2 unspecified atom stereocenters. The zero-order valence-corrected chi connectivity index (χ0v) is 22.0. The molecule has 0 radical (unpaired) electrons. The van der Waals surface area contributed by atoms with Gasteiger partial charge in [-0.25, -0.2) is 5.01 Å². The second-order valence-electron chi connectivity index (χ2n) is 9.51. The quantitative estimate of drug-likeness (QED) is 0.189. The first-order valence-corrected chi connectivity index (χ1v) is 12.8. The van der Waals surface area contributed by atoms with Crippen molar-refractivity contribution in [1.82, 2.24) is 5.01 Å². The summed E-state index contributed by atoms with van der Waals surface area (Å²) in [6.07, 6.45) is 0.0154. The summed E-state index contributed by atoms with van der Waals surface area (Å²) in [5, 5.41) is 18.4. The second-order valence-corrected chi connectivity index (χ2v) is 9.51. The SMILES string of the molecule is COc1ccc(C2=NN3C(C2)c2cc([N+](=O)[O-])ccc2OC3c2ccc(OCc3ccccc3)cc2)cc1OC. The van der Waals surface area contributed by atoms with Gasteiger partial charge in [0.15, 0.2) is 11.5 Å². The van der Waals surface area contributed by atoms with E-state index in [1.165, 1.54) is 6.07 Å². The molecule has 0 aromatic heterocycles. The van der Waals surface area contributed by atoms with Gasteiger partial charge in [-0.05, 0) is 54.1 Å². The normalized spacial score (nSPS) is 17.2. The summed E-state index contributed by atoms with van der Waals surface area (Å²) in [5.74, 6) is 2.57. The average Bonchev–Trinajstić information content (AvgIpc) is 3.46. The number of benzene rings is 4. The van der Waals surface area contributed by atoms with Crippen LogP contribution in [0, 0.1) is 10.1 Å². The lowest BCUT2D eigenvalue weighted by Crippen LogP contribution is -2.33. The van der Waals surface area contributed by atoms with E-state index in [2.05, 4.69) is 0 Å². The molecule has 0 fully saturated rings. The van der Waals surface area contributed by atoms with Crippen LogP contribution in [0.4, 0.5) is 5.69 Å². The predicted molar refractivity (Wildman–Crippen MR) is 149 cm³/mol. The number of nitro groups is 1. The van der Waals surface area contributed by atoms with E-state index in [1.807, 2.05) is 77.8 Å². The molecule has 202 valence electrons. The molecular weight excluding hydrogens is 510 g/mol. The van der Waals surface area contributed by atoms with Crippen LogP contribution < -0.4 is 18.9 Å². The van der Waals surface area contributed by atoms with Gasteiger partial charge in [-0.15, -0.1) is 0 Å². The molecule has 0 bridgehead atoms. The van der Waals surface area contributed by atoms with Gasteiger partial charge in [0.05, 0.1) is 30.9 Å². The molecule has 6 rings (SSSR count). The van der Waals surface area contributed by atoms with Crippen molar-refractivity contribution in [2.75, 3.05) is 14.2 Å². The number of non-ortho nitro benzene ring substituents is 1. The molecule has 0 aliphatic carbocycles.